The first-order chi connectivity index (χ1) is 14.3. The number of carbonyl (C=O) groups is 1. The van der Waals surface area contributed by atoms with Crippen LogP contribution >= 0.6 is 11.6 Å². The minimum atomic E-state index is -1.02. The van der Waals surface area contributed by atoms with Crippen molar-refractivity contribution in [1.82, 2.24) is 15.2 Å². The second-order valence-corrected chi connectivity index (χ2v) is 9.09. The van der Waals surface area contributed by atoms with Gasteiger partial charge in [0.25, 0.3) is 0 Å². The van der Waals surface area contributed by atoms with Gasteiger partial charge in [-0.15, -0.1) is 0 Å². The van der Waals surface area contributed by atoms with Crippen LogP contribution in [0.1, 0.15) is 31.0 Å². The topological polar surface area (TPSA) is 65.5 Å². The van der Waals surface area contributed by atoms with Crippen LogP contribution in [0, 0.1) is 23.6 Å². The van der Waals surface area contributed by atoms with E-state index < -0.39 is 5.60 Å². The molecule has 1 aromatic carbocycles. The first-order valence-corrected chi connectivity index (χ1v) is 10.8. The van der Waals surface area contributed by atoms with Gasteiger partial charge in [0.05, 0.1) is 17.7 Å². The number of rotatable bonds is 3. The quantitative estimate of drug-likeness (QED) is 0.783. The number of hydrogen-bond donors (Lipinski definition) is 2. The van der Waals surface area contributed by atoms with Gasteiger partial charge in [0, 0.05) is 54.6 Å². The Hall–Kier alpha value is -2.02. The van der Waals surface area contributed by atoms with Gasteiger partial charge in [-0.1, -0.05) is 37.6 Å². The molecule has 2 aromatic rings. The molecule has 30 heavy (non-hydrogen) atoms. The van der Waals surface area contributed by atoms with Crippen molar-refractivity contribution in [3.63, 3.8) is 0 Å². The fraction of sp³-hybridized carbons (Fsp3) is 0.478. The molecule has 2 N–H and O–H groups in total. The highest BCUT2D eigenvalue weighted by atomic mass is 35.5. The molecule has 2 saturated heterocycles. The zero-order chi connectivity index (χ0) is 21.5. The van der Waals surface area contributed by atoms with E-state index in [1.54, 1.807) is 18.2 Å². The number of likely N-dealkylation sites (tertiary alicyclic amines) is 1. The van der Waals surface area contributed by atoms with E-state index in [4.69, 9.17) is 11.6 Å². The summed E-state index contributed by atoms with van der Waals surface area (Å²) >= 11 is 6.01. The van der Waals surface area contributed by atoms with Crippen molar-refractivity contribution in [2.75, 3.05) is 26.2 Å². The molecule has 1 amide bonds. The molecule has 2 fully saturated rings. The van der Waals surface area contributed by atoms with Crippen LogP contribution in [0.25, 0.3) is 0 Å². The van der Waals surface area contributed by atoms with Crippen LogP contribution in [0.15, 0.2) is 42.6 Å². The van der Waals surface area contributed by atoms with Gasteiger partial charge in [-0.25, -0.2) is 4.39 Å². The number of hydrogen-bond acceptors (Lipinski definition) is 4. The van der Waals surface area contributed by atoms with Crippen LogP contribution in [0.4, 0.5) is 4.39 Å². The van der Waals surface area contributed by atoms with E-state index in [2.05, 4.69) is 10.3 Å². The lowest BCUT2D eigenvalue weighted by Crippen LogP contribution is -2.57. The second kappa shape index (κ2) is 8.25. The lowest BCUT2D eigenvalue weighted by Gasteiger charge is -2.48. The molecule has 4 rings (SSSR count). The maximum atomic E-state index is 13.4. The van der Waals surface area contributed by atoms with Gasteiger partial charge in [0.2, 0.25) is 5.91 Å². The average molecular weight is 432 g/mol. The molecule has 0 bridgehead atoms. The molecule has 0 spiro atoms. The van der Waals surface area contributed by atoms with E-state index in [1.165, 1.54) is 12.3 Å². The van der Waals surface area contributed by atoms with E-state index in [9.17, 15) is 14.3 Å². The van der Waals surface area contributed by atoms with Gasteiger partial charge in [-0.3, -0.25) is 9.78 Å². The summed E-state index contributed by atoms with van der Waals surface area (Å²) in [5, 5.41) is 15.5. The van der Waals surface area contributed by atoms with E-state index in [0.717, 1.165) is 11.3 Å². The third-order valence-electron chi connectivity index (χ3n) is 6.77. The third kappa shape index (κ3) is 3.72. The van der Waals surface area contributed by atoms with Gasteiger partial charge < -0.3 is 15.3 Å². The predicted octanol–water partition coefficient (Wildman–Crippen LogP) is 3.18. The number of amides is 1. The molecule has 2 aliphatic heterocycles. The number of nitrogens with one attached hydrogen (secondary N) is 1. The summed E-state index contributed by atoms with van der Waals surface area (Å²) in [7, 11) is 0. The number of halogens is 2. The summed E-state index contributed by atoms with van der Waals surface area (Å²) in [5.41, 5.74) is 0.540. The molecule has 4 atom stereocenters. The van der Waals surface area contributed by atoms with E-state index in [-0.39, 0.29) is 35.4 Å². The zero-order valence-electron chi connectivity index (χ0n) is 17.2. The number of pyridine rings is 1. The van der Waals surface area contributed by atoms with E-state index >= 15 is 0 Å². The fourth-order valence-corrected chi connectivity index (χ4v) is 5.18. The maximum Gasteiger partial charge on any atom is 0.227 e. The molecule has 160 valence electrons. The Kier molecular flexibility index (Phi) is 5.84. The first-order valence-electron chi connectivity index (χ1n) is 10.4. The van der Waals surface area contributed by atoms with Gasteiger partial charge in [-0.2, -0.15) is 0 Å². The van der Waals surface area contributed by atoms with Gasteiger partial charge >= 0.3 is 0 Å². The standard InChI is InChI=1S/C23H27ClFN3O2/c1-14-12-28(13-15(2)23(14,30)16-3-5-17(24)6-4-16)22(29)20-11-26-10-19(20)21-8-7-18(25)9-27-21/h3-9,14-15,19-20,26,30H,10-13H2,1-2H3/t14?,15?,19-,20-,23?/m1/s1. The van der Waals surface area contributed by atoms with Crippen molar-refractivity contribution >= 4 is 17.5 Å². The fourth-order valence-electron chi connectivity index (χ4n) is 5.06. The molecule has 1 aromatic heterocycles. The Morgan fingerprint density at radius 1 is 1.17 bits per heavy atom. The number of carbonyl (C=O) groups excluding carboxylic acids is 1. The largest absolute Gasteiger partial charge is 0.384 e. The van der Waals surface area contributed by atoms with Crippen molar-refractivity contribution in [2.45, 2.75) is 25.4 Å². The highest BCUT2D eigenvalue weighted by Gasteiger charge is 2.48. The highest BCUT2D eigenvalue weighted by molar-refractivity contribution is 6.30. The molecule has 3 heterocycles. The number of nitrogens with zero attached hydrogens (tertiary/aromatic N) is 2. The minimum absolute atomic E-state index is 0.0629. The summed E-state index contributed by atoms with van der Waals surface area (Å²) in [6.07, 6.45) is 1.20. The van der Waals surface area contributed by atoms with Crippen LogP contribution in [0.3, 0.4) is 0 Å². The van der Waals surface area contributed by atoms with Crippen molar-refractivity contribution in [3.8, 4) is 0 Å². The normalized spacial score (nSPS) is 31.7. The molecule has 0 radical (unpaired) electrons. The van der Waals surface area contributed by atoms with Gasteiger partial charge in [0.1, 0.15) is 5.82 Å². The molecule has 5 nitrogen and oxygen atoms in total. The summed E-state index contributed by atoms with van der Waals surface area (Å²) in [6, 6.07) is 10.4. The molecule has 0 saturated carbocycles. The van der Waals surface area contributed by atoms with Crippen LogP contribution in [-0.2, 0) is 10.4 Å². The minimum Gasteiger partial charge on any atom is -0.384 e. The molecular formula is C23H27ClFN3O2. The lowest BCUT2D eigenvalue weighted by atomic mass is 9.70. The highest BCUT2D eigenvalue weighted by Crippen LogP contribution is 2.42. The molecule has 2 aliphatic rings. The molecular weight excluding hydrogens is 405 g/mol. The Balaban J connectivity index is 1.52. The Bertz CT molecular complexity index is 894. The number of aliphatic hydroxyl groups is 1. The number of benzene rings is 1. The lowest BCUT2D eigenvalue weighted by molar-refractivity contribution is -0.152. The third-order valence-corrected chi connectivity index (χ3v) is 7.02. The Morgan fingerprint density at radius 2 is 1.83 bits per heavy atom. The SMILES string of the molecule is CC1CN(C(=O)[C@@H]2CNC[C@H]2c2ccc(F)cn2)CC(C)C1(O)c1ccc(Cl)cc1. The second-order valence-electron chi connectivity index (χ2n) is 8.65. The Morgan fingerprint density at radius 3 is 2.43 bits per heavy atom. The summed E-state index contributed by atoms with van der Waals surface area (Å²) in [6.45, 7) is 6.13. The van der Waals surface area contributed by atoms with Crippen LogP contribution in [0.5, 0.6) is 0 Å². The predicted molar refractivity (Wildman–Crippen MR) is 114 cm³/mol. The van der Waals surface area contributed by atoms with Crippen molar-refractivity contribution in [1.29, 1.82) is 0 Å². The van der Waals surface area contributed by atoms with Crippen molar-refractivity contribution < 1.29 is 14.3 Å². The molecule has 7 heteroatoms. The van der Waals surface area contributed by atoms with E-state index in [1.807, 2.05) is 30.9 Å². The molecule has 2 unspecified atom stereocenters. The first kappa shape index (κ1) is 21.2. The van der Waals surface area contributed by atoms with Crippen LogP contribution in [0.2, 0.25) is 5.02 Å². The van der Waals surface area contributed by atoms with Gasteiger partial charge in [-0.05, 0) is 29.8 Å². The summed E-state index contributed by atoms with van der Waals surface area (Å²) < 4.78 is 13.3. The average Bonchev–Trinajstić information content (AvgIpc) is 3.22. The summed E-state index contributed by atoms with van der Waals surface area (Å²) in [5.74, 6) is -0.920. The number of piperidine rings is 1. The maximum absolute atomic E-state index is 13.4. The van der Waals surface area contributed by atoms with Gasteiger partial charge in [0.15, 0.2) is 0 Å². The Labute approximate surface area is 181 Å². The number of aromatic nitrogens is 1. The van der Waals surface area contributed by atoms with Crippen LogP contribution in [-0.4, -0.2) is 47.1 Å². The zero-order valence-corrected chi connectivity index (χ0v) is 17.9. The van der Waals surface area contributed by atoms with Crippen LogP contribution < -0.4 is 5.32 Å². The smallest absolute Gasteiger partial charge is 0.227 e. The van der Waals surface area contributed by atoms with Crippen molar-refractivity contribution in [2.24, 2.45) is 17.8 Å². The van der Waals surface area contributed by atoms with Crippen molar-refractivity contribution in [3.05, 3.63) is 64.7 Å². The monoisotopic (exact) mass is 431 g/mol. The molecule has 0 aliphatic carbocycles. The van der Waals surface area contributed by atoms with E-state index in [0.29, 0.717) is 31.2 Å². The summed E-state index contributed by atoms with van der Waals surface area (Å²) in [4.78, 5) is 19.5.